The van der Waals surface area contributed by atoms with Crippen LogP contribution in [0, 0.1) is 5.41 Å². The number of cyclic esters (lactones) is 1. The van der Waals surface area contributed by atoms with E-state index < -0.39 is 6.04 Å². The summed E-state index contributed by atoms with van der Waals surface area (Å²) in [4.78, 5) is 26.7. The van der Waals surface area contributed by atoms with Crippen molar-refractivity contribution in [3.63, 3.8) is 0 Å². The molecule has 0 spiro atoms. The number of hydrogen-bond acceptors (Lipinski definition) is 5. The molecule has 240 valence electrons. The molecule has 2 aliphatic rings. The van der Waals surface area contributed by atoms with Gasteiger partial charge in [-0.15, -0.1) is 0 Å². The first-order chi connectivity index (χ1) is 22.2. The number of rotatable bonds is 5. The van der Waals surface area contributed by atoms with Crippen molar-refractivity contribution in [1.29, 1.82) is 0 Å². The van der Waals surface area contributed by atoms with Crippen LogP contribution in [0.1, 0.15) is 50.3 Å². The van der Waals surface area contributed by atoms with Crippen molar-refractivity contribution in [2.75, 3.05) is 26.9 Å². The second-order valence-electron chi connectivity index (χ2n) is 13.4. The highest BCUT2D eigenvalue weighted by Crippen LogP contribution is 2.41. The Balaban J connectivity index is 1.53. The quantitative estimate of drug-likeness (QED) is 0.194. The molecule has 6 bridgehead atoms. The number of amides is 1. The molecule has 0 saturated carbocycles. The van der Waals surface area contributed by atoms with Crippen LogP contribution in [-0.2, 0) is 44.9 Å². The Hall–Kier alpha value is -4.20. The third kappa shape index (κ3) is 6.39. The van der Waals surface area contributed by atoms with E-state index in [0.717, 1.165) is 29.7 Å². The number of ether oxygens (including phenoxy) is 2. The highest BCUT2D eigenvalue weighted by atomic mass is 16.5. The summed E-state index contributed by atoms with van der Waals surface area (Å²) in [6.45, 7) is 12.9. The van der Waals surface area contributed by atoms with E-state index in [4.69, 9.17) is 9.47 Å². The summed E-state index contributed by atoms with van der Waals surface area (Å²) < 4.78 is 13.9. The number of hydrogen-bond donors (Lipinski definition) is 1. The Morgan fingerprint density at radius 2 is 1.85 bits per heavy atom. The number of aryl methyl sites for hydroxylation is 1. The molecular formula is C39H45N3O4. The number of nitrogens with zero attached hydrogens (tertiary/aromatic N) is 2. The first kappa shape index (κ1) is 31.8. The lowest BCUT2D eigenvalue weighted by Crippen LogP contribution is -2.56. The lowest BCUT2D eigenvalue weighted by molar-refractivity contribution is -0.153. The molecule has 3 heterocycles. The largest absolute Gasteiger partial charge is 0.464 e. The summed E-state index contributed by atoms with van der Waals surface area (Å²) in [5, 5.41) is 2.74. The van der Waals surface area contributed by atoms with Crippen LogP contribution in [0.15, 0.2) is 78.9 Å². The summed E-state index contributed by atoms with van der Waals surface area (Å²) in [5.41, 5.74) is 12.6. The third-order valence-electron chi connectivity index (χ3n) is 9.29. The Morgan fingerprint density at radius 1 is 1.04 bits per heavy atom. The van der Waals surface area contributed by atoms with Crippen LogP contribution in [0.2, 0.25) is 0 Å². The van der Waals surface area contributed by atoms with Crippen LogP contribution in [0.5, 0.6) is 0 Å². The fourth-order valence-corrected chi connectivity index (χ4v) is 6.97. The third-order valence-corrected chi connectivity index (χ3v) is 9.29. The molecule has 2 aliphatic heterocycles. The minimum atomic E-state index is -0.573. The Kier molecular flexibility index (Phi) is 9.16. The Morgan fingerprint density at radius 3 is 2.65 bits per heavy atom. The Labute approximate surface area is 272 Å². The van der Waals surface area contributed by atoms with E-state index in [1.165, 1.54) is 38.3 Å². The average Bonchev–Trinajstić information content (AvgIpc) is 3.37. The van der Waals surface area contributed by atoms with Gasteiger partial charge in [0.1, 0.15) is 6.04 Å². The second kappa shape index (κ2) is 13.3. The van der Waals surface area contributed by atoms with Gasteiger partial charge < -0.3 is 14.0 Å². The maximum atomic E-state index is 13.4. The van der Waals surface area contributed by atoms with Crippen molar-refractivity contribution < 1.29 is 19.1 Å². The van der Waals surface area contributed by atoms with E-state index in [9.17, 15) is 9.59 Å². The second-order valence-corrected chi connectivity index (χ2v) is 13.4. The smallest absolute Gasteiger partial charge is 0.324 e. The molecule has 0 unspecified atom stereocenters. The van der Waals surface area contributed by atoms with E-state index >= 15 is 0 Å². The zero-order valence-electron chi connectivity index (χ0n) is 27.5. The number of methoxy groups -OCH3 is 1. The maximum absolute atomic E-state index is 13.4. The molecule has 0 radical (unpaired) electrons. The summed E-state index contributed by atoms with van der Waals surface area (Å²) in [7, 11) is 1.74. The predicted molar refractivity (Wildman–Crippen MR) is 183 cm³/mol. The van der Waals surface area contributed by atoms with E-state index in [2.05, 4.69) is 98.0 Å². The number of aromatic nitrogens is 1. The van der Waals surface area contributed by atoms with Gasteiger partial charge in [0.25, 0.3) is 5.91 Å². The van der Waals surface area contributed by atoms with Crippen LogP contribution in [0.4, 0.5) is 0 Å². The molecule has 1 atom stereocenters. The normalized spacial score (nSPS) is 18.8. The zero-order valence-corrected chi connectivity index (χ0v) is 27.5. The molecule has 3 aromatic carbocycles. The number of nitrogens with one attached hydrogen (secondary N) is 1. The van der Waals surface area contributed by atoms with Gasteiger partial charge in [-0.2, -0.15) is 0 Å². The Bertz CT molecular complexity index is 1790. The van der Waals surface area contributed by atoms with E-state index in [1.807, 2.05) is 6.07 Å². The van der Waals surface area contributed by atoms with Crippen molar-refractivity contribution in [3.05, 3.63) is 95.6 Å². The topological polar surface area (TPSA) is 72.8 Å². The molecule has 1 N–H and O–H groups in total. The first-order valence-electron chi connectivity index (χ1n) is 16.4. The van der Waals surface area contributed by atoms with Gasteiger partial charge >= 0.3 is 5.97 Å². The fraction of sp³-hybridized carbons (Fsp3) is 0.385. The van der Waals surface area contributed by atoms with Crippen LogP contribution < -0.4 is 5.43 Å². The predicted octanol–water partition coefficient (Wildman–Crippen LogP) is 6.90. The first-order valence-corrected chi connectivity index (χ1v) is 16.4. The van der Waals surface area contributed by atoms with Gasteiger partial charge in [-0.05, 0) is 72.6 Å². The number of fused-ring (bicyclic) bond motifs is 6. The highest BCUT2D eigenvalue weighted by molar-refractivity contribution is 5.96. The molecule has 7 heteroatoms. The van der Waals surface area contributed by atoms with Gasteiger partial charge in [-0.1, -0.05) is 75.0 Å². The fourth-order valence-electron chi connectivity index (χ4n) is 6.97. The zero-order chi connectivity index (χ0) is 32.4. The van der Waals surface area contributed by atoms with Crippen LogP contribution in [0.25, 0.3) is 33.3 Å². The van der Waals surface area contributed by atoms with Crippen LogP contribution in [-0.4, -0.2) is 54.4 Å². The molecule has 1 saturated heterocycles. The van der Waals surface area contributed by atoms with Gasteiger partial charge in [0.05, 0.1) is 18.9 Å². The van der Waals surface area contributed by atoms with E-state index in [-0.39, 0.29) is 23.9 Å². The van der Waals surface area contributed by atoms with Crippen molar-refractivity contribution in [2.24, 2.45) is 5.41 Å². The molecule has 4 aromatic rings. The highest BCUT2D eigenvalue weighted by Gasteiger charge is 2.33. The summed E-state index contributed by atoms with van der Waals surface area (Å²) >= 11 is 0. The van der Waals surface area contributed by atoms with Gasteiger partial charge in [0.2, 0.25) is 0 Å². The molecule has 1 fully saturated rings. The maximum Gasteiger partial charge on any atom is 0.324 e. The van der Waals surface area contributed by atoms with Crippen molar-refractivity contribution in [3.8, 4) is 22.4 Å². The van der Waals surface area contributed by atoms with E-state index in [1.54, 1.807) is 7.11 Å². The number of carbonyl (C=O) groups is 2. The lowest BCUT2D eigenvalue weighted by atomic mass is 9.83. The van der Waals surface area contributed by atoms with Crippen LogP contribution in [0.3, 0.4) is 0 Å². The van der Waals surface area contributed by atoms with Gasteiger partial charge in [0.15, 0.2) is 0 Å². The minimum Gasteiger partial charge on any atom is -0.464 e. The lowest BCUT2D eigenvalue weighted by Gasteiger charge is -2.34. The number of hydrazine groups is 1. The molecule has 0 aliphatic carbocycles. The molecule has 1 aromatic heterocycles. The van der Waals surface area contributed by atoms with Crippen molar-refractivity contribution in [1.82, 2.24) is 15.0 Å². The number of benzene rings is 3. The minimum absolute atomic E-state index is 0.186. The van der Waals surface area contributed by atoms with E-state index in [0.29, 0.717) is 44.4 Å². The molecule has 7 nitrogen and oxygen atoms in total. The van der Waals surface area contributed by atoms with Gasteiger partial charge in [0, 0.05) is 54.1 Å². The van der Waals surface area contributed by atoms with Crippen LogP contribution >= 0.6 is 0 Å². The van der Waals surface area contributed by atoms with Crippen molar-refractivity contribution >= 4 is 22.8 Å². The summed E-state index contributed by atoms with van der Waals surface area (Å²) in [5.74, 6) is -0.511. The SMILES string of the molecule is C=C1Cc2cccc(c2)-c2ccc3c(c2)c(c(-c2ccccc2CCOC)n3CC)CC(C)(C)COC(=O)[C@@H]2CCCN(N2)C1=O. The molecule has 6 rings (SSSR count). The van der Waals surface area contributed by atoms with Gasteiger partial charge in [-0.3, -0.25) is 14.6 Å². The van der Waals surface area contributed by atoms with Gasteiger partial charge in [-0.25, -0.2) is 5.43 Å². The average molecular weight is 620 g/mol. The number of carbonyl (C=O) groups excluding carboxylic acids is 2. The summed E-state index contributed by atoms with van der Waals surface area (Å²) in [6, 6.07) is 23.2. The van der Waals surface area contributed by atoms with Crippen molar-refractivity contribution in [2.45, 2.75) is 65.5 Å². The molecule has 46 heavy (non-hydrogen) atoms. The number of esters is 1. The molecular weight excluding hydrogens is 574 g/mol. The molecule has 1 amide bonds. The summed E-state index contributed by atoms with van der Waals surface area (Å²) in [6.07, 6.45) is 3.29. The standard InChI is InChI=1S/C39H45N3O4/c1-6-41-35-17-16-30-23-32(35)33(36(41)31-14-8-7-12-28(31)18-20-45-5)24-39(3,4)25-46-38(44)34-15-10-19-42(40-34)37(43)26(2)21-27-11-9-13-29(30)22-27/h7-9,11-14,16-17,22-23,34,40H,2,6,10,15,18-21,24-25H2,1,3-5H3/t34-/m0/s1. The monoisotopic (exact) mass is 619 g/mol.